The number of rotatable bonds is 2. The normalized spacial score (nSPS) is 17.4. The lowest BCUT2D eigenvalue weighted by molar-refractivity contribution is -0.134. The van der Waals surface area contributed by atoms with Crippen LogP contribution in [0.15, 0.2) is 12.3 Å². The van der Waals surface area contributed by atoms with Crippen LogP contribution in [0, 0.1) is 0 Å². The summed E-state index contributed by atoms with van der Waals surface area (Å²) in [5.41, 5.74) is 0.234. The van der Waals surface area contributed by atoms with Gasteiger partial charge in [0.25, 0.3) is 0 Å². The van der Waals surface area contributed by atoms with E-state index in [9.17, 15) is 4.79 Å². The molecular formula is C7H11NO2. The molecule has 0 aromatic heterocycles. The minimum Gasteiger partial charge on any atom is -0.477 e. The Morgan fingerprint density at radius 2 is 1.90 bits per heavy atom. The third-order valence-corrected chi connectivity index (χ3v) is 1.73. The van der Waals surface area contributed by atoms with Crippen molar-refractivity contribution in [2.45, 2.75) is 12.8 Å². The van der Waals surface area contributed by atoms with Gasteiger partial charge in [-0.15, -0.1) is 0 Å². The first-order valence-corrected chi connectivity index (χ1v) is 3.39. The molecule has 0 aliphatic carbocycles. The van der Waals surface area contributed by atoms with Crippen LogP contribution < -0.4 is 0 Å². The molecule has 10 heavy (non-hydrogen) atoms. The molecule has 1 N–H and O–H groups in total. The molecule has 1 rings (SSSR count). The molecule has 0 spiro atoms. The predicted molar refractivity (Wildman–Crippen MR) is 37.6 cm³/mol. The van der Waals surface area contributed by atoms with Crippen molar-refractivity contribution in [2.75, 3.05) is 13.1 Å². The van der Waals surface area contributed by atoms with Crippen molar-refractivity contribution < 1.29 is 9.90 Å². The zero-order valence-corrected chi connectivity index (χ0v) is 5.84. The fourth-order valence-corrected chi connectivity index (χ4v) is 1.12. The monoisotopic (exact) mass is 141 g/mol. The maximum atomic E-state index is 10.3. The summed E-state index contributed by atoms with van der Waals surface area (Å²) in [5.74, 6) is -0.901. The van der Waals surface area contributed by atoms with Crippen LogP contribution in [0.5, 0.6) is 0 Å². The lowest BCUT2D eigenvalue weighted by atomic mass is 10.4. The second kappa shape index (κ2) is 2.73. The van der Waals surface area contributed by atoms with Crippen LogP contribution in [-0.4, -0.2) is 29.1 Å². The van der Waals surface area contributed by atoms with E-state index in [0.29, 0.717) is 0 Å². The van der Waals surface area contributed by atoms with Crippen molar-refractivity contribution in [3.8, 4) is 0 Å². The molecule has 1 aliphatic rings. The SMILES string of the molecule is C=C(C(=O)O)N1CCCC1. The van der Waals surface area contributed by atoms with Crippen LogP contribution in [0.1, 0.15) is 12.8 Å². The van der Waals surface area contributed by atoms with Gasteiger partial charge in [-0.3, -0.25) is 0 Å². The van der Waals surface area contributed by atoms with Gasteiger partial charge in [-0.25, -0.2) is 4.79 Å². The number of likely N-dealkylation sites (tertiary alicyclic amines) is 1. The molecular weight excluding hydrogens is 130 g/mol. The van der Waals surface area contributed by atoms with Gasteiger partial charge >= 0.3 is 5.97 Å². The first kappa shape index (κ1) is 7.12. The van der Waals surface area contributed by atoms with E-state index >= 15 is 0 Å². The maximum absolute atomic E-state index is 10.3. The Morgan fingerprint density at radius 1 is 1.40 bits per heavy atom. The molecule has 1 saturated heterocycles. The molecule has 1 heterocycles. The molecule has 0 unspecified atom stereocenters. The Labute approximate surface area is 59.9 Å². The number of nitrogens with zero attached hydrogens (tertiary/aromatic N) is 1. The van der Waals surface area contributed by atoms with E-state index in [4.69, 9.17) is 5.11 Å². The van der Waals surface area contributed by atoms with Crippen molar-refractivity contribution in [3.63, 3.8) is 0 Å². The average Bonchev–Trinajstić information content (AvgIpc) is 2.36. The zero-order chi connectivity index (χ0) is 7.56. The molecule has 0 aromatic carbocycles. The van der Waals surface area contributed by atoms with Gasteiger partial charge < -0.3 is 10.0 Å². The molecule has 56 valence electrons. The molecule has 0 bridgehead atoms. The summed E-state index contributed by atoms with van der Waals surface area (Å²) in [7, 11) is 0. The molecule has 0 radical (unpaired) electrons. The lowest BCUT2D eigenvalue weighted by Gasteiger charge is -2.15. The first-order valence-electron chi connectivity index (χ1n) is 3.39. The van der Waals surface area contributed by atoms with Gasteiger partial charge in [0.1, 0.15) is 5.70 Å². The molecule has 3 heteroatoms. The van der Waals surface area contributed by atoms with E-state index in [1.54, 1.807) is 0 Å². The third-order valence-electron chi connectivity index (χ3n) is 1.73. The molecule has 1 fully saturated rings. The van der Waals surface area contributed by atoms with E-state index in [-0.39, 0.29) is 5.70 Å². The summed E-state index contributed by atoms with van der Waals surface area (Å²) < 4.78 is 0. The van der Waals surface area contributed by atoms with Gasteiger partial charge in [-0.1, -0.05) is 6.58 Å². The highest BCUT2D eigenvalue weighted by Crippen LogP contribution is 2.12. The number of carbonyl (C=O) groups is 1. The summed E-state index contributed by atoms with van der Waals surface area (Å²) in [4.78, 5) is 12.2. The number of aliphatic carboxylic acids is 1. The van der Waals surface area contributed by atoms with Crippen LogP contribution in [0.25, 0.3) is 0 Å². The Balaban J connectivity index is 2.48. The summed E-state index contributed by atoms with van der Waals surface area (Å²) in [5, 5.41) is 8.50. The Hall–Kier alpha value is -0.990. The van der Waals surface area contributed by atoms with Crippen LogP contribution >= 0.6 is 0 Å². The fraction of sp³-hybridized carbons (Fsp3) is 0.571. The summed E-state index contributed by atoms with van der Waals surface area (Å²) in [6.07, 6.45) is 2.18. The van der Waals surface area contributed by atoms with Crippen LogP contribution in [0.4, 0.5) is 0 Å². The highest BCUT2D eigenvalue weighted by molar-refractivity contribution is 5.85. The van der Waals surface area contributed by atoms with Crippen LogP contribution in [0.3, 0.4) is 0 Å². The lowest BCUT2D eigenvalue weighted by Crippen LogP contribution is -2.23. The number of carboxylic acid groups (broad SMARTS) is 1. The minimum atomic E-state index is -0.901. The second-order valence-electron chi connectivity index (χ2n) is 2.45. The van der Waals surface area contributed by atoms with Crippen molar-refractivity contribution in [1.29, 1.82) is 0 Å². The fourth-order valence-electron chi connectivity index (χ4n) is 1.12. The van der Waals surface area contributed by atoms with Crippen molar-refractivity contribution in [3.05, 3.63) is 12.3 Å². The average molecular weight is 141 g/mol. The molecule has 0 atom stereocenters. The summed E-state index contributed by atoms with van der Waals surface area (Å²) in [6, 6.07) is 0. The summed E-state index contributed by atoms with van der Waals surface area (Å²) in [6.45, 7) is 5.17. The number of hydrogen-bond acceptors (Lipinski definition) is 2. The predicted octanol–water partition coefficient (Wildman–Crippen LogP) is 0.680. The highest BCUT2D eigenvalue weighted by atomic mass is 16.4. The highest BCUT2D eigenvalue weighted by Gasteiger charge is 2.17. The molecule has 0 saturated carbocycles. The minimum absolute atomic E-state index is 0.234. The number of carboxylic acids is 1. The Morgan fingerprint density at radius 3 is 2.30 bits per heavy atom. The maximum Gasteiger partial charge on any atom is 0.351 e. The zero-order valence-electron chi connectivity index (χ0n) is 5.84. The molecule has 3 nitrogen and oxygen atoms in total. The molecule has 1 aliphatic heterocycles. The molecule has 0 aromatic rings. The van der Waals surface area contributed by atoms with E-state index in [0.717, 1.165) is 25.9 Å². The largest absolute Gasteiger partial charge is 0.477 e. The van der Waals surface area contributed by atoms with Crippen LogP contribution in [-0.2, 0) is 4.79 Å². The standard InChI is InChI=1S/C7H11NO2/c1-6(7(9)10)8-4-2-3-5-8/h1-5H2,(H,9,10). The van der Waals surface area contributed by atoms with E-state index < -0.39 is 5.97 Å². The molecule has 0 amide bonds. The quantitative estimate of drug-likeness (QED) is 0.575. The van der Waals surface area contributed by atoms with Gasteiger partial charge in [0.15, 0.2) is 0 Å². The van der Waals surface area contributed by atoms with Gasteiger partial charge in [-0.05, 0) is 12.8 Å². The Kier molecular flexibility index (Phi) is 1.94. The van der Waals surface area contributed by atoms with Gasteiger partial charge in [-0.2, -0.15) is 0 Å². The van der Waals surface area contributed by atoms with Crippen molar-refractivity contribution in [1.82, 2.24) is 4.90 Å². The topological polar surface area (TPSA) is 40.5 Å². The van der Waals surface area contributed by atoms with Crippen molar-refractivity contribution in [2.24, 2.45) is 0 Å². The van der Waals surface area contributed by atoms with Crippen LogP contribution in [0.2, 0.25) is 0 Å². The van der Waals surface area contributed by atoms with E-state index in [1.165, 1.54) is 0 Å². The van der Waals surface area contributed by atoms with Gasteiger partial charge in [0.2, 0.25) is 0 Å². The van der Waals surface area contributed by atoms with Gasteiger partial charge in [0.05, 0.1) is 0 Å². The van der Waals surface area contributed by atoms with E-state index in [2.05, 4.69) is 6.58 Å². The first-order chi connectivity index (χ1) is 4.72. The smallest absolute Gasteiger partial charge is 0.351 e. The third kappa shape index (κ3) is 1.29. The Bertz CT molecular complexity index is 159. The number of hydrogen-bond donors (Lipinski definition) is 1. The van der Waals surface area contributed by atoms with Crippen molar-refractivity contribution >= 4 is 5.97 Å². The summed E-state index contributed by atoms with van der Waals surface area (Å²) >= 11 is 0. The second-order valence-corrected chi connectivity index (χ2v) is 2.45. The van der Waals surface area contributed by atoms with Gasteiger partial charge in [0, 0.05) is 13.1 Å². The van der Waals surface area contributed by atoms with E-state index in [1.807, 2.05) is 4.90 Å².